The van der Waals surface area contributed by atoms with Crippen molar-refractivity contribution in [1.82, 2.24) is 0 Å². The molecule has 1 fully saturated rings. The number of nitrogens with zero attached hydrogens (tertiary/aromatic N) is 1. The normalized spacial score (nSPS) is 17.4. The molecule has 0 aromatic heterocycles. The SMILES string of the molecule is COc1cccc(N2CCCC(Oc3cccc(O)c3C=O)C2)c1. The number of phenols is 1. The number of phenolic OH excluding ortho intramolecular Hbond substituents is 1. The highest BCUT2D eigenvalue weighted by Crippen LogP contribution is 2.29. The Morgan fingerprint density at radius 2 is 2.08 bits per heavy atom. The second-order valence-electron chi connectivity index (χ2n) is 5.84. The molecule has 5 nitrogen and oxygen atoms in total. The smallest absolute Gasteiger partial charge is 0.157 e. The largest absolute Gasteiger partial charge is 0.507 e. The molecule has 1 heterocycles. The number of ether oxygens (including phenoxy) is 2. The number of carbonyl (C=O) groups excluding carboxylic acids is 1. The summed E-state index contributed by atoms with van der Waals surface area (Å²) in [7, 11) is 1.66. The van der Waals surface area contributed by atoms with E-state index in [0.29, 0.717) is 12.0 Å². The van der Waals surface area contributed by atoms with Gasteiger partial charge in [-0.05, 0) is 37.1 Å². The number of anilines is 1. The van der Waals surface area contributed by atoms with Crippen molar-refractivity contribution < 1.29 is 19.4 Å². The van der Waals surface area contributed by atoms with Gasteiger partial charge in [0.2, 0.25) is 0 Å². The van der Waals surface area contributed by atoms with Gasteiger partial charge in [0, 0.05) is 18.3 Å². The van der Waals surface area contributed by atoms with Crippen LogP contribution in [0.3, 0.4) is 0 Å². The monoisotopic (exact) mass is 327 g/mol. The van der Waals surface area contributed by atoms with Crippen molar-refractivity contribution in [3.8, 4) is 17.2 Å². The first kappa shape index (κ1) is 16.2. The summed E-state index contributed by atoms with van der Waals surface area (Å²) in [4.78, 5) is 13.4. The van der Waals surface area contributed by atoms with Gasteiger partial charge >= 0.3 is 0 Å². The lowest BCUT2D eigenvalue weighted by Gasteiger charge is -2.34. The second-order valence-corrected chi connectivity index (χ2v) is 5.84. The molecule has 0 bridgehead atoms. The van der Waals surface area contributed by atoms with Crippen LogP contribution in [0.25, 0.3) is 0 Å². The predicted molar refractivity (Wildman–Crippen MR) is 92.4 cm³/mol. The number of benzene rings is 2. The van der Waals surface area contributed by atoms with E-state index in [-0.39, 0.29) is 17.4 Å². The van der Waals surface area contributed by atoms with Gasteiger partial charge in [0.15, 0.2) is 6.29 Å². The highest BCUT2D eigenvalue weighted by Gasteiger charge is 2.23. The van der Waals surface area contributed by atoms with Crippen molar-refractivity contribution in [2.75, 3.05) is 25.1 Å². The van der Waals surface area contributed by atoms with Gasteiger partial charge < -0.3 is 19.5 Å². The third-order valence-electron chi connectivity index (χ3n) is 4.25. The minimum Gasteiger partial charge on any atom is -0.507 e. The van der Waals surface area contributed by atoms with Gasteiger partial charge in [-0.25, -0.2) is 0 Å². The average Bonchev–Trinajstić information content (AvgIpc) is 2.62. The summed E-state index contributed by atoms with van der Waals surface area (Å²) in [5, 5.41) is 9.77. The maximum atomic E-state index is 11.2. The van der Waals surface area contributed by atoms with E-state index in [9.17, 15) is 9.90 Å². The van der Waals surface area contributed by atoms with Crippen LogP contribution in [0.2, 0.25) is 0 Å². The average molecular weight is 327 g/mol. The molecule has 0 saturated carbocycles. The molecule has 0 amide bonds. The summed E-state index contributed by atoms with van der Waals surface area (Å²) in [6, 6.07) is 12.8. The summed E-state index contributed by atoms with van der Waals surface area (Å²) in [6.45, 7) is 1.68. The zero-order valence-corrected chi connectivity index (χ0v) is 13.6. The summed E-state index contributed by atoms with van der Waals surface area (Å²) in [5.41, 5.74) is 1.30. The lowest BCUT2D eigenvalue weighted by molar-refractivity contribution is 0.111. The van der Waals surface area contributed by atoms with Crippen LogP contribution in [0.4, 0.5) is 5.69 Å². The third kappa shape index (κ3) is 3.45. The molecule has 1 unspecified atom stereocenters. The van der Waals surface area contributed by atoms with E-state index in [0.717, 1.165) is 37.4 Å². The number of hydrogen-bond acceptors (Lipinski definition) is 5. The van der Waals surface area contributed by atoms with E-state index in [4.69, 9.17) is 9.47 Å². The lowest BCUT2D eigenvalue weighted by atomic mass is 10.1. The summed E-state index contributed by atoms with van der Waals surface area (Å²) in [5.74, 6) is 1.21. The molecule has 1 N–H and O–H groups in total. The fourth-order valence-electron chi connectivity index (χ4n) is 3.01. The minimum atomic E-state index is -0.0528. The Balaban J connectivity index is 1.74. The molecule has 5 heteroatoms. The zero-order chi connectivity index (χ0) is 16.9. The molecule has 0 spiro atoms. The fraction of sp³-hybridized carbons (Fsp3) is 0.316. The maximum absolute atomic E-state index is 11.2. The Hall–Kier alpha value is -2.69. The first-order valence-corrected chi connectivity index (χ1v) is 8.04. The van der Waals surface area contributed by atoms with Crippen molar-refractivity contribution >= 4 is 12.0 Å². The molecule has 3 rings (SSSR count). The number of carbonyl (C=O) groups is 1. The Kier molecular flexibility index (Phi) is 4.89. The standard InChI is InChI=1S/C19H21NO4/c1-23-15-6-2-5-14(11-15)20-10-4-7-16(12-20)24-19-9-3-8-18(22)17(19)13-21/h2-3,5-6,8-9,11,13,16,22H,4,7,10,12H2,1H3. The van der Waals surface area contributed by atoms with Crippen molar-refractivity contribution in [3.05, 3.63) is 48.0 Å². The molecule has 126 valence electrons. The van der Waals surface area contributed by atoms with Crippen LogP contribution in [0.5, 0.6) is 17.2 Å². The quantitative estimate of drug-likeness (QED) is 0.854. The highest BCUT2D eigenvalue weighted by molar-refractivity contribution is 5.83. The number of rotatable bonds is 5. The van der Waals surface area contributed by atoms with Gasteiger partial charge in [0.25, 0.3) is 0 Å². The number of aromatic hydroxyl groups is 1. The van der Waals surface area contributed by atoms with E-state index >= 15 is 0 Å². The number of aldehydes is 1. The van der Waals surface area contributed by atoms with Gasteiger partial charge in [-0.2, -0.15) is 0 Å². The third-order valence-corrected chi connectivity index (χ3v) is 4.25. The van der Waals surface area contributed by atoms with E-state index in [1.165, 1.54) is 6.07 Å². The molecular formula is C19H21NO4. The van der Waals surface area contributed by atoms with Crippen LogP contribution >= 0.6 is 0 Å². The van der Waals surface area contributed by atoms with E-state index < -0.39 is 0 Å². The van der Waals surface area contributed by atoms with Crippen molar-refractivity contribution in [2.45, 2.75) is 18.9 Å². The topological polar surface area (TPSA) is 59.0 Å². The van der Waals surface area contributed by atoms with Crippen LogP contribution in [0.15, 0.2) is 42.5 Å². The number of hydrogen-bond donors (Lipinski definition) is 1. The van der Waals surface area contributed by atoms with Crippen LogP contribution in [-0.4, -0.2) is 37.7 Å². The highest BCUT2D eigenvalue weighted by atomic mass is 16.5. The molecule has 0 aliphatic carbocycles. The van der Waals surface area contributed by atoms with Gasteiger partial charge in [-0.3, -0.25) is 4.79 Å². The Morgan fingerprint density at radius 1 is 1.25 bits per heavy atom. The van der Waals surface area contributed by atoms with E-state index in [1.807, 2.05) is 18.2 Å². The van der Waals surface area contributed by atoms with Gasteiger partial charge in [0.1, 0.15) is 23.4 Å². The lowest BCUT2D eigenvalue weighted by Crippen LogP contribution is -2.41. The molecule has 1 aliphatic rings. The van der Waals surface area contributed by atoms with Crippen LogP contribution in [-0.2, 0) is 0 Å². The number of methoxy groups -OCH3 is 1. The molecule has 2 aromatic rings. The summed E-state index contributed by atoms with van der Waals surface area (Å²) >= 11 is 0. The summed E-state index contributed by atoms with van der Waals surface area (Å²) in [6.07, 6.45) is 2.50. The number of piperidine rings is 1. The maximum Gasteiger partial charge on any atom is 0.157 e. The fourth-order valence-corrected chi connectivity index (χ4v) is 3.01. The van der Waals surface area contributed by atoms with Crippen LogP contribution < -0.4 is 14.4 Å². The van der Waals surface area contributed by atoms with Gasteiger partial charge in [-0.1, -0.05) is 12.1 Å². The van der Waals surface area contributed by atoms with Gasteiger partial charge in [0.05, 0.1) is 19.2 Å². The Bertz CT molecular complexity index is 716. The summed E-state index contributed by atoms with van der Waals surface area (Å²) < 4.78 is 11.3. The zero-order valence-electron chi connectivity index (χ0n) is 13.6. The Morgan fingerprint density at radius 3 is 2.88 bits per heavy atom. The molecule has 1 aliphatic heterocycles. The predicted octanol–water partition coefficient (Wildman–Crippen LogP) is 3.26. The molecule has 1 atom stereocenters. The molecule has 2 aromatic carbocycles. The van der Waals surface area contributed by atoms with E-state index in [2.05, 4.69) is 11.0 Å². The first-order valence-electron chi connectivity index (χ1n) is 8.04. The van der Waals surface area contributed by atoms with Crippen molar-refractivity contribution in [2.24, 2.45) is 0 Å². The Labute approximate surface area is 141 Å². The van der Waals surface area contributed by atoms with Crippen LogP contribution in [0.1, 0.15) is 23.2 Å². The first-order chi connectivity index (χ1) is 11.7. The minimum absolute atomic E-state index is 0.0366. The van der Waals surface area contributed by atoms with E-state index in [1.54, 1.807) is 19.2 Å². The van der Waals surface area contributed by atoms with Crippen molar-refractivity contribution in [1.29, 1.82) is 0 Å². The molecular weight excluding hydrogens is 306 g/mol. The molecule has 24 heavy (non-hydrogen) atoms. The van der Waals surface area contributed by atoms with Crippen LogP contribution in [0, 0.1) is 0 Å². The molecule has 1 saturated heterocycles. The van der Waals surface area contributed by atoms with Gasteiger partial charge in [-0.15, -0.1) is 0 Å². The second kappa shape index (κ2) is 7.25. The van der Waals surface area contributed by atoms with Crippen molar-refractivity contribution in [3.63, 3.8) is 0 Å². The molecule has 0 radical (unpaired) electrons.